The van der Waals surface area contributed by atoms with Crippen molar-refractivity contribution in [2.24, 2.45) is 4.99 Å². The largest absolute Gasteiger partial charge is 0.494 e. The van der Waals surface area contributed by atoms with Gasteiger partial charge in [0.15, 0.2) is 5.96 Å². The molecule has 0 amide bonds. The van der Waals surface area contributed by atoms with Crippen LogP contribution in [0.1, 0.15) is 28.4 Å². The summed E-state index contributed by atoms with van der Waals surface area (Å²) in [6, 6.07) is 9.92. The summed E-state index contributed by atoms with van der Waals surface area (Å²) in [7, 11) is 1.79. The fourth-order valence-electron chi connectivity index (χ4n) is 2.26. The third kappa shape index (κ3) is 8.04. The molecule has 138 valence electrons. The van der Waals surface area contributed by atoms with Gasteiger partial charge in [-0.2, -0.15) is 0 Å². The Bertz CT molecular complexity index is 646. The smallest absolute Gasteiger partial charge is 0.191 e. The van der Waals surface area contributed by atoms with Gasteiger partial charge in [-0.05, 0) is 38.8 Å². The first-order chi connectivity index (χ1) is 11.7. The van der Waals surface area contributed by atoms with Crippen LogP contribution < -0.4 is 15.4 Å². The monoisotopic (exact) mass is 474 g/mol. The van der Waals surface area contributed by atoms with Crippen molar-refractivity contribution in [1.29, 1.82) is 0 Å². The minimum absolute atomic E-state index is 0. The Morgan fingerprint density at radius 3 is 2.56 bits per heavy atom. The van der Waals surface area contributed by atoms with Crippen molar-refractivity contribution in [1.82, 2.24) is 15.6 Å². The molecule has 0 aliphatic rings. The number of rotatable bonds is 8. The number of unbranched alkanes of at least 4 members (excludes halogenated alkanes) is 1. The van der Waals surface area contributed by atoms with E-state index in [1.54, 1.807) is 18.4 Å². The Balaban J connectivity index is 0.00000312. The SMILES string of the molecule is CN=C(NCCCCOc1ccccc1)NCc1sc(C)nc1C.I. The molecule has 25 heavy (non-hydrogen) atoms. The van der Waals surface area contributed by atoms with Gasteiger partial charge in [0, 0.05) is 18.5 Å². The van der Waals surface area contributed by atoms with Gasteiger partial charge in [0.2, 0.25) is 0 Å². The highest BCUT2D eigenvalue weighted by atomic mass is 127. The van der Waals surface area contributed by atoms with Crippen molar-refractivity contribution in [3.8, 4) is 5.75 Å². The number of ether oxygens (including phenoxy) is 1. The minimum atomic E-state index is 0. The number of para-hydroxylation sites is 1. The third-order valence-electron chi connectivity index (χ3n) is 3.52. The van der Waals surface area contributed by atoms with E-state index in [-0.39, 0.29) is 24.0 Å². The number of nitrogens with zero attached hydrogens (tertiary/aromatic N) is 2. The lowest BCUT2D eigenvalue weighted by molar-refractivity contribution is 0.307. The van der Waals surface area contributed by atoms with Crippen molar-refractivity contribution < 1.29 is 4.74 Å². The van der Waals surface area contributed by atoms with Crippen molar-refractivity contribution >= 4 is 41.3 Å². The lowest BCUT2D eigenvalue weighted by Gasteiger charge is -2.11. The topological polar surface area (TPSA) is 58.5 Å². The molecular formula is C18H27IN4OS. The number of aromatic nitrogens is 1. The van der Waals surface area contributed by atoms with Gasteiger partial charge in [-0.3, -0.25) is 4.99 Å². The first kappa shape index (κ1) is 21.7. The molecule has 0 radical (unpaired) electrons. The summed E-state index contributed by atoms with van der Waals surface area (Å²) >= 11 is 1.73. The molecule has 0 saturated heterocycles. The van der Waals surface area contributed by atoms with Crippen LogP contribution in [0.2, 0.25) is 0 Å². The lowest BCUT2D eigenvalue weighted by atomic mass is 10.3. The van der Waals surface area contributed by atoms with Crippen molar-refractivity contribution in [3.05, 3.63) is 45.9 Å². The first-order valence-corrected chi connectivity index (χ1v) is 9.06. The molecule has 0 fully saturated rings. The van der Waals surface area contributed by atoms with Gasteiger partial charge in [0.1, 0.15) is 5.75 Å². The lowest BCUT2D eigenvalue weighted by Crippen LogP contribution is -2.37. The molecular weight excluding hydrogens is 447 g/mol. The summed E-state index contributed by atoms with van der Waals surface area (Å²) in [5.41, 5.74) is 1.10. The Morgan fingerprint density at radius 2 is 1.92 bits per heavy atom. The molecule has 0 aliphatic heterocycles. The van der Waals surface area contributed by atoms with E-state index in [4.69, 9.17) is 4.74 Å². The molecule has 2 aromatic rings. The maximum absolute atomic E-state index is 5.68. The van der Waals surface area contributed by atoms with Crippen molar-refractivity contribution in [2.75, 3.05) is 20.2 Å². The van der Waals surface area contributed by atoms with Gasteiger partial charge < -0.3 is 15.4 Å². The molecule has 1 aromatic heterocycles. The highest BCUT2D eigenvalue weighted by molar-refractivity contribution is 14.0. The molecule has 0 unspecified atom stereocenters. The van der Waals surface area contributed by atoms with Crippen LogP contribution in [0.5, 0.6) is 5.75 Å². The number of benzene rings is 1. The second kappa shape index (κ2) is 12.1. The Labute approximate surface area is 171 Å². The Morgan fingerprint density at radius 1 is 1.16 bits per heavy atom. The molecule has 0 atom stereocenters. The van der Waals surface area contributed by atoms with E-state index >= 15 is 0 Å². The number of nitrogens with one attached hydrogen (secondary N) is 2. The van der Waals surface area contributed by atoms with Gasteiger partial charge in [0.05, 0.1) is 23.9 Å². The van der Waals surface area contributed by atoms with Crippen molar-refractivity contribution in [2.45, 2.75) is 33.2 Å². The van der Waals surface area contributed by atoms with Crippen LogP contribution in [-0.4, -0.2) is 31.1 Å². The summed E-state index contributed by atoms with van der Waals surface area (Å²) in [6.45, 7) is 6.44. The van der Waals surface area contributed by atoms with E-state index < -0.39 is 0 Å². The van der Waals surface area contributed by atoms with Gasteiger partial charge in [-0.1, -0.05) is 18.2 Å². The maximum atomic E-state index is 5.68. The fraction of sp³-hybridized carbons (Fsp3) is 0.444. The quantitative estimate of drug-likeness (QED) is 0.264. The predicted molar refractivity (Wildman–Crippen MR) is 116 cm³/mol. The van der Waals surface area contributed by atoms with E-state index in [0.717, 1.165) is 54.9 Å². The molecule has 0 bridgehead atoms. The average Bonchev–Trinajstić information content (AvgIpc) is 2.92. The average molecular weight is 474 g/mol. The van der Waals surface area contributed by atoms with Crippen LogP contribution in [-0.2, 0) is 6.54 Å². The van der Waals surface area contributed by atoms with Gasteiger partial charge in [-0.25, -0.2) is 4.98 Å². The fourth-order valence-corrected chi connectivity index (χ4v) is 3.14. The molecule has 1 heterocycles. The van der Waals surface area contributed by atoms with Crippen LogP contribution in [0, 0.1) is 13.8 Å². The Kier molecular flexibility index (Phi) is 10.5. The standard InChI is InChI=1S/C18H26N4OS.HI/c1-14-17(24-15(2)22-14)13-21-18(19-3)20-11-7-8-12-23-16-9-5-4-6-10-16;/h4-6,9-10H,7-8,11-13H2,1-3H3,(H2,19,20,21);1H. The summed E-state index contributed by atoms with van der Waals surface area (Å²) in [5, 5.41) is 7.77. The maximum Gasteiger partial charge on any atom is 0.191 e. The predicted octanol–water partition coefficient (Wildman–Crippen LogP) is 3.90. The second-order valence-electron chi connectivity index (χ2n) is 5.46. The van der Waals surface area contributed by atoms with Crippen LogP contribution in [0.4, 0.5) is 0 Å². The van der Waals surface area contributed by atoms with Gasteiger partial charge >= 0.3 is 0 Å². The highest BCUT2D eigenvalue weighted by Crippen LogP contribution is 2.16. The number of guanidine groups is 1. The van der Waals surface area contributed by atoms with Gasteiger partial charge in [0.25, 0.3) is 0 Å². The number of halogens is 1. The molecule has 2 rings (SSSR count). The number of aryl methyl sites for hydroxylation is 2. The zero-order valence-corrected chi connectivity index (χ0v) is 18.2. The number of aliphatic imine (C=N–C) groups is 1. The molecule has 2 N–H and O–H groups in total. The molecule has 0 aliphatic carbocycles. The van der Waals surface area contributed by atoms with E-state index in [0.29, 0.717) is 0 Å². The van der Waals surface area contributed by atoms with Crippen LogP contribution in [0.3, 0.4) is 0 Å². The number of hydrogen-bond donors (Lipinski definition) is 2. The minimum Gasteiger partial charge on any atom is -0.494 e. The Hall–Kier alpha value is -1.35. The van der Waals surface area contributed by atoms with E-state index in [1.807, 2.05) is 44.2 Å². The summed E-state index contributed by atoms with van der Waals surface area (Å²) in [4.78, 5) is 9.95. The van der Waals surface area contributed by atoms with E-state index in [9.17, 15) is 0 Å². The summed E-state index contributed by atoms with van der Waals surface area (Å²) in [5.74, 6) is 1.75. The zero-order chi connectivity index (χ0) is 17.2. The third-order valence-corrected chi connectivity index (χ3v) is 4.59. The summed E-state index contributed by atoms with van der Waals surface area (Å²) < 4.78 is 5.68. The van der Waals surface area contributed by atoms with Crippen LogP contribution in [0.25, 0.3) is 0 Å². The van der Waals surface area contributed by atoms with Crippen LogP contribution in [0.15, 0.2) is 35.3 Å². The normalized spacial score (nSPS) is 10.9. The first-order valence-electron chi connectivity index (χ1n) is 8.24. The van der Waals surface area contributed by atoms with Crippen molar-refractivity contribution in [3.63, 3.8) is 0 Å². The molecule has 1 aromatic carbocycles. The molecule has 5 nitrogen and oxygen atoms in total. The molecule has 0 spiro atoms. The number of thiazole rings is 1. The molecule has 0 saturated carbocycles. The van der Waals surface area contributed by atoms with Crippen LogP contribution >= 0.6 is 35.3 Å². The van der Waals surface area contributed by atoms with Gasteiger partial charge in [-0.15, -0.1) is 35.3 Å². The van der Waals surface area contributed by atoms with E-state index in [2.05, 4.69) is 20.6 Å². The second-order valence-corrected chi connectivity index (χ2v) is 6.75. The molecule has 7 heteroatoms. The van der Waals surface area contributed by atoms with E-state index in [1.165, 1.54) is 4.88 Å². The highest BCUT2D eigenvalue weighted by Gasteiger charge is 2.05. The number of hydrogen-bond acceptors (Lipinski definition) is 4. The zero-order valence-electron chi connectivity index (χ0n) is 15.0. The summed E-state index contributed by atoms with van der Waals surface area (Å²) in [6.07, 6.45) is 2.04.